The number of hydrogen-bond donors (Lipinski definition) is 3. The molecule has 0 aromatic carbocycles. The molecular weight excluding hydrogens is 188 g/mol. The maximum atomic E-state index is 10.8. The molecule has 1 rings (SSSR count). The Balaban J connectivity index is 3.34. The van der Waals surface area contributed by atoms with E-state index in [1.807, 2.05) is 0 Å². The molecule has 0 spiro atoms. The Morgan fingerprint density at radius 3 is 2.86 bits per heavy atom. The zero-order chi connectivity index (χ0) is 10.7. The molecule has 7 nitrogen and oxygen atoms in total. The number of nitrogens with zero attached hydrogens (tertiary/aromatic N) is 2. The van der Waals surface area contributed by atoms with E-state index in [2.05, 4.69) is 9.97 Å². The monoisotopic (exact) mass is 194 g/mol. The van der Waals surface area contributed by atoms with Gasteiger partial charge in [-0.15, -0.1) is 0 Å². The number of rotatable bonds is 2. The van der Waals surface area contributed by atoms with E-state index in [1.165, 1.54) is 0 Å². The topological polar surface area (TPSA) is 133 Å². The summed E-state index contributed by atoms with van der Waals surface area (Å²) in [7, 11) is 0. The third kappa shape index (κ3) is 1.87. The summed E-state index contributed by atoms with van der Waals surface area (Å²) in [4.78, 5) is 26.6. The maximum Gasteiger partial charge on any atom is 0.347 e. The zero-order valence-corrected chi connectivity index (χ0v) is 6.94. The van der Waals surface area contributed by atoms with Crippen LogP contribution in [0.2, 0.25) is 0 Å². The van der Waals surface area contributed by atoms with Crippen LogP contribution in [0.25, 0.3) is 0 Å². The molecule has 0 aliphatic heterocycles. The maximum absolute atomic E-state index is 10.8. The number of carboxylic acids is 1. The van der Waals surface area contributed by atoms with Gasteiger partial charge < -0.3 is 15.8 Å². The smallest absolute Gasteiger partial charge is 0.347 e. The van der Waals surface area contributed by atoms with Crippen LogP contribution >= 0.6 is 0 Å². The molecule has 0 fully saturated rings. The number of nitrogens with two attached hydrogens (primary N) is 1. The summed E-state index contributed by atoms with van der Waals surface area (Å²) in [5.41, 5.74) is 4.36. The fourth-order valence-electron chi connectivity index (χ4n) is 0.948. The normalized spacial score (nSPS) is 9.36. The molecule has 14 heavy (non-hydrogen) atoms. The summed E-state index contributed by atoms with van der Waals surface area (Å²) in [6.07, 6.45) is -0.467. The molecule has 0 saturated carbocycles. The third-order valence-corrected chi connectivity index (χ3v) is 1.48. The number of carboxylic acid groups (broad SMARTS) is 1. The van der Waals surface area contributed by atoms with E-state index in [-0.39, 0.29) is 17.1 Å². The van der Waals surface area contributed by atoms with Gasteiger partial charge in [-0.2, -0.15) is 10.2 Å². The number of H-pyrrole nitrogens is 1. The predicted octanol–water partition coefficient (Wildman–Crippen LogP) is -1.15. The van der Waals surface area contributed by atoms with Gasteiger partial charge in [0.2, 0.25) is 0 Å². The number of anilines is 1. The number of aromatic nitrogens is 2. The van der Waals surface area contributed by atoms with Crippen molar-refractivity contribution in [1.29, 1.82) is 5.26 Å². The molecule has 1 heterocycles. The molecule has 0 aliphatic rings. The van der Waals surface area contributed by atoms with Crippen LogP contribution < -0.4 is 11.4 Å². The molecule has 4 N–H and O–H groups in total. The van der Waals surface area contributed by atoms with Gasteiger partial charge in [-0.3, -0.25) is 4.79 Å². The van der Waals surface area contributed by atoms with Crippen LogP contribution in [0.15, 0.2) is 4.79 Å². The number of nitrogen functional groups attached to an aromatic ring is 1. The lowest BCUT2D eigenvalue weighted by Gasteiger charge is -2.01. The number of nitrogens with one attached hydrogen (secondary N) is 1. The van der Waals surface area contributed by atoms with Crippen molar-refractivity contribution in [3.05, 3.63) is 21.7 Å². The van der Waals surface area contributed by atoms with Crippen molar-refractivity contribution < 1.29 is 9.90 Å². The summed E-state index contributed by atoms with van der Waals surface area (Å²) < 4.78 is 0. The first-order valence-electron chi connectivity index (χ1n) is 3.55. The number of aliphatic carboxylic acids is 1. The van der Waals surface area contributed by atoms with Crippen LogP contribution in [0.4, 0.5) is 5.82 Å². The predicted molar refractivity (Wildman–Crippen MR) is 45.3 cm³/mol. The largest absolute Gasteiger partial charge is 0.481 e. The van der Waals surface area contributed by atoms with E-state index in [1.54, 1.807) is 6.07 Å². The van der Waals surface area contributed by atoms with Gasteiger partial charge in [-0.25, -0.2) is 4.79 Å². The van der Waals surface area contributed by atoms with E-state index in [4.69, 9.17) is 16.1 Å². The second-order valence-electron chi connectivity index (χ2n) is 2.46. The first kappa shape index (κ1) is 9.73. The summed E-state index contributed by atoms with van der Waals surface area (Å²) in [5.74, 6) is -1.42. The van der Waals surface area contributed by atoms with Crippen molar-refractivity contribution in [2.45, 2.75) is 6.42 Å². The number of aromatic amines is 1. The quantitative estimate of drug-likeness (QED) is 0.544. The number of nitriles is 1. The minimum Gasteiger partial charge on any atom is -0.481 e. The fraction of sp³-hybridized carbons (Fsp3) is 0.143. The lowest BCUT2D eigenvalue weighted by Crippen LogP contribution is -2.19. The van der Waals surface area contributed by atoms with Gasteiger partial charge in [0.05, 0.1) is 12.1 Å². The van der Waals surface area contributed by atoms with Crippen molar-refractivity contribution in [1.82, 2.24) is 9.97 Å². The molecule has 1 aromatic rings. The minimum absolute atomic E-state index is 0.0301. The van der Waals surface area contributed by atoms with Crippen molar-refractivity contribution in [2.24, 2.45) is 0 Å². The van der Waals surface area contributed by atoms with Crippen molar-refractivity contribution in [3.8, 4) is 6.07 Å². The van der Waals surface area contributed by atoms with Crippen molar-refractivity contribution in [3.63, 3.8) is 0 Å². The Morgan fingerprint density at radius 1 is 1.71 bits per heavy atom. The Hall–Kier alpha value is -2.36. The molecule has 0 aliphatic carbocycles. The van der Waals surface area contributed by atoms with E-state index in [0.717, 1.165) is 0 Å². The second-order valence-corrected chi connectivity index (χ2v) is 2.46. The summed E-state index contributed by atoms with van der Waals surface area (Å²) in [5, 5.41) is 17.1. The molecule has 72 valence electrons. The SMILES string of the molecule is N#Cc1c(N)nc(=O)[nH]c1CC(=O)O. The molecule has 0 bridgehead atoms. The lowest BCUT2D eigenvalue weighted by atomic mass is 10.2. The highest BCUT2D eigenvalue weighted by molar-refractivity contribution is 5.71. The Bertz CT molecular complexity index is 471. The highest BCUT2D eigenvalue weighted by atomic mass is 16.4. The summed E-state index contributed by atoms with van der Waals surface area (Å²) >= 11 is 0. The van der Waals surface area contributed by atoms with Crippen LogP contribution in [-0.2, 0) is 11.2 Å². The highest BCUT2D eigenvalue weighted by Gasteiger charge is 2.12. The Morgan fingerprint density at radius 2 is 2.36 bits per heavy atom. The van der Waals surface area contributed by atoms with Gasteiger partial charge in [-0.1, -0.05) is 0 Å². The fourth-order valence-corrected chi connectivity index (χ4v) is 0.948. The molecule has 7 heteroatoms. The molecule has 0 saturated heterocycles. The van der Waals surface area contributed by atoms with Crippen molar-refractivity contribution >= 4 is 11.8 Å². The molecule has 0 amide bonds. The van der Waals surface area contributed by atoms with Crippen LogP contribution in [0.3, 0.4) is 0 Å². The highest BCUT2D eigenvalue weighted by Crippen LogP contribution is 2.08. The Kier molecular flexibility index (Phi) is 2.48. The first-order chi connectivity index (χ1) is 6.54. The van der Waals surface area contributed by atoms with Crippen LogP contribution in [0, 0.1) is 11.3 Å². The zero-order valence-electron chi connectivity index (χ0n) is 6.94. The van der Waals surface area contributed by atoms with Crippen LogP contribution in [-0.4, -0.2) is 21.0 Å². The van der Waals surface area contributed by atoms with E-state index in [9.17, 15) is 9.59 Å². The van der Waals surface area contributed by atoms with Crippen LogP contribution in [0.1, 0.15) is 11.3 Å². The Labute approximate surface area is 77.8 Å². The van der Waals surface area contributed by atoms with Gasteiger partial charge >= 0.3 is 11.7 Å². The van der Waals surface area contributed by atoms with Gasteiger partial charge in [0.15, 0.2) is 0 Å². The van der Waals surface area contributed by atoms with Gasteiger partial charge in [-0.05, 0) is 0 Å². The second kappa shape index (κ2) is 3.57. The van der Waals surface area contributed by atoms with Gasteiger partial charge in [0.25, 0.3) is 0 Å². The molecule has 0 atom stereocenters. The lowest BCUT2D eigenvalue weighted by molar-refractivity contribution is -0.136. The molecular formula is C7H6N4O3. The van der Waals surface area contributed by atoms with Gasteiger partial charge in [0.1, 0.15) is 17.5 Å². The third-order valence-electron chi connectivity index (χ3n) is 1.48. The molecule has 1 aromatic heterocycles. The summed E-state index contributed by atoms with van der Waals surface area (Å²) in [6.45, 7) is 0. The first-order valence-corrected chi connectivity index (χ1v) is 3.55. The van der Waals surface area contributed by atoms with Gasteiger partial charge in [0, 0.05) is 0 Å². The van der Waals surface area contributed by atoms with E-state index in [0.29, 0.717) is 0 Å². The van der Waals surface area contributed by atoms with Crippen LogP contribution in [0.5, 0.6) is 0 Å². The molecule has 0 radical (unpaired) electrons. The number of carbonyl (C=O) groups is 1. The standard InChI is InChI=1S/C7H6N4O3/c8-2-3-4(1-5(12)13)10-7(14)11-6(3)9/h1H2,(H,12,13)(H3,9,10,11,14). The van der Waals surface area contributed by atoms with E-state index >= 15 is 0 Å². The minimum atomic E-state index is -1.16. The average molecular weight is 194 g/mol. The number of hydrogen-bond acceptors (Lipinski definition) is 5. The van der Waals surface area contributed by atoms with Crippen molar-refractivity contribution in [2.75, 3.05) is 5.73 Å². The van der Waals surface area contributed by atoms with E-state index < -0.39 is 18.1 Å². The average Bonchev–Trinajstić information content (AvgIpc) is 2.01. The summed E-state index contributed by atoms with van der Waals surface area (Å²) in [6, 6.07) is 1.68. The molecule has 0 unspecified atom stereocenters.